The second-order valence-corrected chi connectivity index (χ2v) is 9.89. The van der Waals surface area contributed by atoms with E-state index in [9.17, 15) is 4.79 Å². The van der Waals surface area contributed by atoms with Gasteiger partial charge in [0.1, 0.15) is 0 Å². The number of piperidine rings is 1. The van der Waals surface area contributed by atoms with Crippen LogP contribution in [0, 0.1) is 17.3 Å². The predicted molar refractivity (Wildman–Crippen MR) is 120 cm³/mol. The molecule has 1 amide bonds. The van der Waals surface area contributed by atoms with E-state index in [1.807, 2.05) is 0 Å². The number of nitrogens with zero attached hydrogens (tertiary/aromatic N) is 2. The molecule has 2 N–H and O–H groups in total. The van der Waals surface area contributed by atoms with Crippen LogP contribution in [0.15, 0.2) is 4.99 Å². The molecule has 170 valence electrons. The Balaban J connectivity index is 1.33. The van der Waals surface area contributed by atoms with Crippen molar-refractivity contribution in [2.75, 3.05) is 26.2 Å². The molecule has 3 atom stereocenters. The Morgan fingerprint density at radius 1 is 1.10 bits per heavy atom. The smallest absolute Gasteiger partial charge is 0.225 e. The summed E-state index contributed by atoms with van der Waals surface area (Å²) in [5.74, 6) is 2.16. The van der Waals surface area contributed by atoms with E-state index in [0.717, 1.165) is 57.9 Å². The van der Waals surface area contributed by atoms with E-state index in [1.54, 1.807) is 0 Å². The average molecular weight is 419 g/mol. The molecule has 2 saturated carbocycles. The number of ether oxygens (including phenoxy) is 1. The van der Waals surface area contributed by atoms with Gasteiger partial charge in [0.2, 0.25) is 5.91 Å². The number of likely N-dealkylation sites (tertiary alicyclic amines) is 1. The number of hydrogen-bond acceptors (Lipinski definition) is 3. The molecule has 6 nitrogen and oxygen atoms in total. The second kappa shape index (κ2) is 9.46. The van der Waals surface area contributed by atoms with Gasteiger partial charge in [0.25, 0.3) is 0 Å². The highest BCUT2D eigenvalue weighted by atomic mass is 16.5. The largest absolute Gasteiger partial charge is 0.377 e. The Labute approximate surface area is 182 Å². The third-order valence-electron chi connectivity index (χ3n) is 8.38. The molecule has 4 aliphatic rings. The van der Waals surface area contributed by atoms with E-state index < -0.39 is 0 Å². The summed E-state index contributed by atoms with van der Waals surface area (Å²) in [5.41, 5.74) is 0.336. The van der Waals surface area contributed by atoms with Gasteiger partial charge in [-0.05, 0) is 51.9 Å². The molecule has 1 spiro atoms. The summed E-state index contributed by atoms with van der Waals surface area (Å²) in [5, 5.41) is 7.57. The number of nitrogens with one attached hydrogen (secondary N) is 2. The van der Waals surface area contributed by atoms with E-state index in [1.165, 1.54) is 32.1 Å². The Bertz CT molecular complexity index is 619. The molecule has 0 radical (unpaired) electrons. The second-order valence-electron chi connectivity index (χ2n) is 9.89. The fraction of sp³-hybridized carbons (Fsp3) is 0.917. The normalized spacial score (nSPS) is 31.1. The molecule has 0 bridgehead atoms. The number of fused-ring (bicyclic) bond motifs is 2. The summed E-state index contributed by atoms with van der Waals surface area (Å²) in [6.07, 6.45) is 10.8. The molecule has 4 rings (SSSR count). The van der Waals surface area contributed by atoms with Crippen LogP contribution in [0.1, 0.15) is 78.6 Å². The molecular weight excluding hydrogens is 376 g/mol. The zero-order chi connectivity index (χ0) is 21.1. The zero-order valence-electron chi connectivity index (χ0n) is 19.3. The first-order valence-electron chi connectivity index (χ1n) is 12.6. The average Bonchev–Trinajstić information content (AvgIpc) is 3.42. The van der Waals surface area contributed by atoms with Crippen LogP contribution in [0.2, 0.25) is 0 Å². The number of amides is 1. The monoisotopic (exact) mass is 418 g/mol. The zero-order valence-corrected chi connectivity index (χ0v) is 19.3. The van der Waals surface area contributed by atoms with Gasteiger partial charge in [-0.15, -0.1) is 0 Å². The minimum Gasteiger partial charge on any atom is -0.377 e. The van der Waals surface area contributed by atoms with Crippen molar-refractivity contribution < 1.29 is 9.53 Å². The highest BCUT2D eigenvalue weighted by Gasteiger charge is 2.65. The molecule has 30 heavy (non-hydrogen) atoms. The summed E-state index contributed by atoms with van der Waals surface area (Å²) in [6, 6.07) is 0.894. The first kappa shape index (κ1) is 21.9. The fourth-order valence-electron chi connectivity index (χ4n) is 6.68. The van der Waals surface area contributed by atoms with Crippen LogP contribution in [-0.2, 0) is 9.53 Å². The first-order valence-corrected chi connectivity index (χ1v) is 12.6. The van der Waals surface area contributed by atoms with Gasteiger partial charge < -0.3 is 20.3 Å². The van der Waals surface area contributed by atoms with Crippen LogP contribution >= 0.6 is 0 Å². The molecule has 4 fully saturated rings. The summed E-state index contributed by atoms with van der Waals surface area (Å²) >= 11 is 0. The minimum atomic E-state index is 0.191. The predicted octanol–water partition coefficient (Wildman–Crippen LogP) is 3.32. The number of carbonyl (C=O) groups excluding carboxylic acids is 1. The van der Waals surface area contributed by atoms with Gasteiger partial charge >= 0.3 is 0 Å². The molecule has 2 saturated heterocycles. The number of hydrogen-bond donors (Lipinski definition) is 2. The Morgan fingerprint density at radius 2 is 1.80 bits per heavy atom. The SMILES string of the molecule is CCN=C(NC1CCN(C(=O)C(CC)CC)CC1)NC1C2CCOC2C12CCCC2. The molecule has 0 aromatic heterocycles. The van der Waals surface area contributed by atoms with Crippen molar-refractivity contribution in [2.24, 2.45) is 22.2 Å². The van der Waals surface area contributed by atoms with Crippen molar-refractivity contribution in [1.82, 2.24) is 15.5 Å². The third kappa shape index (κ3) is 3.96. The van der Waals surface area contributed by atoms with Crippen molar-refractivity contribution in [1.29, 1.82) is 0 Å². The van der Waals surface area contributed by atoms with Crippen LogP contribution in [0.25, 0.3) is 0 Å². The van der Waals surface area contributed by atoms with Gasteiger partial charge in [0, 0.05) is 55.6 Å². The topological polar surface area (TPSA) is 66.0 Å². The standard InChI is InChI=1S/C24H42N4O2/c1-4-17(5-2)22(29)28-14-9-18(10-15-28)26-23(25-6-3)27-20-19-11-16-30-21(19)24(20)12-7-8-13-24/h17-21H,4-16H2,1-3H3,(H2,25,26,27). The quantitative estimate of drug-likeness (QED) is 0.513. The van der Waals surface area contributed by atoms with Crippen molar-refractivity contribution in [3.8, 4) is 0 Å². The molecule has 6 heteroatoms. The van der Waals surface area contributed by atoms with Crippen LogP contribution < -0.4 is 10.6 Å². The van der Waals surface area contributed by atoms with Gasteiger partial charge in [0.05, 0.1) is 6.10 Å². The van der Waals surface area contributed by atoms with Gasteiger partial charge in [-0.25, -0.2) is 0 Å². The molecule has 0 aromatic rings. The maximum Gasteiger partial charge on any atom is 0.225 e. The molecule has 3 unspecified atom stereocenters. The van der Waals surface area contributed by atoms with E-state index in [4.69, 9.17) is 9.73 Å². The maximum atomic E-state index is 12.7. The lowest BCUT2D eigenvalue weighted by atomic mass is 9.54. The van der Waals surface area contributed by atoms with Gasteiger partial charge in [-0.3, -0.25) is 9.79 Å². The van der Waals surface area contributed by atoms with Crippen LogP contribution in [0.3, 0.4) is 0 Å². The fourth-order valence-corrected chi connectivity index (χ4v) is 6.68. The summed E-state index contributed by atoms with van der Waals surface area (Å²) in [4.78, 5) is 19.6. The lowest BCUT2D eigenvalue weighted by Crippen LogP contribution is -2.69. The molecule has 0 aromatic carbocycles. The number of carbonyl (C=O) groups is 1. The lowest BCUT2D eigenvalue weighted by molar-refractivity contribution is -0.136. The van der Waals surface area contributed by atoms with Gasteiger partial charge in [-0.1, -0.05) is 26.7 Å². The minimum absolute atomic E-state index is 0.191. The third-order valence-corrected chi connectivity index (χ3v) is 8.38. The summed E-state index contributed by atoms with van der Waals surface area (Å²) < 4.78 is 6.15. The highest BCUT2D eigenvalue weighted by molar-refractivity contribution is 5.81. The van der Waals surface area contributed by atoms with E-state index >= 15 is 0 Å². The highest BCUT2D eigenvalue weighted by Crippen LogP contribution is 2.60. The maximum absolute atomic E-state index is 12.7. The van der Waals surface area contributed by atoms with E-state index in [0.29, 0.717) is 35.4 Å². The number of aliphatic imine (C=N–C) groups is 1. The van der Waals surface area contributed by atoms with Gasteiger partial charge in [-0.2, -0.15) is 0 Å². The van der Waals surface area contributed by atoms with Crippen molar-refractivity contribution in [3.05, 3.63) is 0 Å². The van der Waals surface area contributed by atoms with Crippen molar-refractivity contribution in [2.45, 2.75) is 96.7 Å². The van der Waals surface area contributed by atoms with Crippen molar-refractivity contribution in [3.63, 3.8) is 0 Å². The lowest BCUT2D eigenvalue weighted by Gasteiger charge is -2.57. The number of guanidine groups is 1. The van der Waals surface area contributed by atoms with E-state index in [2.05, 4.69) is 36.3 Å². The summed E-state index contributed by atoms with van der Waals surface area (Å²) in [7, 11) is 0. The molecule has 2 aliphatic carbocycles. The van der Waals surface area contributed by atoms with Crippen LogP contribution in [0.5, 0.6) is 0 Å². The van der Waals surface area contributed by atoms with Crippen LogP contribution in [-0.4, -0.2) is 61.2 Å². The van der Waals surface area contributed by atoms with E-state index in [-0.39, 0.29) is 5.92 Å². The number of rotatable bonds is 6. The first-order chi connectivity index (χ1) is 14.6. The molecule has 2 heterocycles. The summed E-state index contributed by atoms with van der Waals surface area (Å²) in [6.45, 7) is 9.77. The van der Waals surface area contributed by atoms with Crippen molar-refractivity contribution >= 4 is 11.9 Å². The molecule has 2 aliphatic heterocycles. The van der Waals surface area contributed by atoms with Gasteiger partial charge in [0.15, 0.2) is 5.96 Å². The Hall–Kier alpha value is -1.30. The molecular formula is C24H42N4O2. The van der Waals surface area contributed by atoms with Crippen LogP contribution in [0.4, 0.5) is 0 Å². The Kier molecular flexibility index (Phi) is 6.91. The Morgan fingerprint density at radius 3 is 2.43 bits per heavy atom.